The first kappa shape index (κ1) is 13.7. The number of aromatic hydroxyl groups is 1. The molecule has 0 aliphatic carbocycles. The Balaban J connectivity index is 3.20. The van der Waals surface area contributed by atoms with Gasteiger partial charge in [-0.15, -0.1) is 0 Å². The molecule has 0 amide bonds. The molecule has 1 aromatic rings. The lowest BCUT2D eigenvalue weighted by Gasteiger charge is -2.18. The molecule has 6 heteroatoms. The smallest absolute Gasteiger partial charge is 0.365 e. The summed E-state index contributed by atoms with van der Waals surface area (Å²) in [4.78, 5) is 0. The SMILES string of the molecule is CCOP(=O)(OCC)c1cc(Br)ccc1O. The summed E-state index contributed by atoms with van der Waals surface area (Å²) in [6, 6.07) is 4.65. The summed E-state index contributed by atoms with van der Waals surface area (Å²) >= 11 is 3.25. The van der Waals surface area contributed by atoms with Gasteiger partial charge >= 0.3 is 7.60 Å². The van der Waals surface area contributed by atoms with Gasteiger partial charge in [-0.2, -0.15) is 0 Å². The molecule has 0 aliphatic rings. The highest BCUT2D eigenvalue weighted by Gasteiger charge is 2.30. The molecule has 1 N–H and O–H groups in total. The van der Waals surface area contributed by atoms with E-state index in [-0.39, 0.29) is 24.3 Å². The predicted octanol–water partition coefficient (Wildman–Crippen LogP) is 3.05. The Labute approximate surface area is 103 Å². The maximum atomic E-state index is 12.4. The van der Waals surface area contributed by atoms with Crippen LogP contribution in [0.15, 0.2) is 22.7 Å². The first-order valence-corrected chi connectivity index (χ1v) is 7.25. The molecule has 1 rings (SSSR count). The van der Waals surface area contributed by atoms with Gasteiger partial charge in [0.1, 0.15) is 11.1 Å². The Morgan fingerprint density at radius 2 is 1.88 bits per heavy atom. The van der Waals surface area contributed by atoms with E-state index in [1.165, 1.54) is 6.07 Å². The van der Waals surface area contributed by atoms with Crippen LogP contribution in [-0.4, -0.2) is 18.3 Å². The first-order valence-electron chi connectivity index (χ1n) is 4.91. The van der Waals surface area contributed by atoms with E-state index >= 15 is 0 Å². The third-order valence-electron chi connectivity index (χ3n) is 1.83. The van der Waals surface area contributed by atoms with Crippen LogP contribution in [0.25, 0.3) is 0 Å². The second-order valence-corrected chi connectivity index (χ2v) is 5.87. The molecule has 4 nitrogen and oxygen atoms in total. The molecule has 1 aromatic carbocycles. The second-order valence-electron chi connectivity index (χ2n) is 2.97. The molecule has 0 heterocycles. The van der Waals surface area contributed by atoms with Crippen molar-refractivity contribution in [3.05, 3.63) is 22.7 Å². The largest absolute Gasteiger partial charge is 0.507 e. The number of benzene rings is 1. The monoisotopic (exact) mass is 308 g/mol. The molecule has 0 fully saturated rings. The average Bonchev–Trinajstić information content (AvgIpc) is 2.22. The van der Waals surface area contributed by atoms with Crippen LogP contribution in [-0.2, 0) is 13.6 Å². The highest BCUT2D eigenvalue weighted by Crippen LogP contribution is 2.49. The Hall–Kier alpha value is -0.350. The van der Waals surface area contributed by atoms with Gasteiger partial charge in [0.05, 0.1) is 13.2 Å². The third-order valence-corrected chi connectivity index (χ3v) is 4.47. The minimum Gasteiger partial charge on any atom is -0.507 e. The van der Waals surface area contributed by atoms with E-state index in [2.05, 4.69) is 15.9 Å². The molecule has 0 unspecified atom stereocenters. The first-order chi connectivity index (χ1) is 7.53. The maximum absolute atomic E-state index is 12.4. The summed E-state index contributed by atoms with van der Waals surface area (Å²) in [6.45, 7) is 3.95. The third kappa shape index (κ3) is 3.08. The van der Waals surface area contributed by atoms with Crippen molar-refractivity contribution in [2.75, 3.05) is 13.2 Å². The van der Waals surface area contributed by atoms with E-state index in [0.717, 1.165) is 0 Å². The lowest BCUT2D eigenvalue weighted by molar-refractivity contribution is 0.229. The van der Waals surface area contributed by atoms with Crippen LogP contribution in [0.2, 0.25) is 0 Å². The average molecular weight is 309 g/mol. The number of phenolic OH excluding ortho intramolecular Hbond substituents is 1. The highest BCUT2D eigenvalue weighted by molar-refractivity contribution is 9.10. The van der Waals surface area contributed by atoms with Crippen LogP contribution < -0.4 is 5.30 Å². The summed E-state index contributed by atoms with van der Waals surface area (Å²) < 4.78 is 23.4. The van der Waals surface area contributed by atoms with Crippen LogP contribution in [0.4, 0.5) is 0 Å². The van der Waals surface area contributed by atoms with Gasteiger partial charge in [-0.25, -0.2) is 0 Å². The fourth-order valence-corrected chi connectivity index (χ4v) is 3.46. The molecule has 0 aromatic heterocycles. The zero-order valence-corrected chi connectivity index (χ0v) is 11.6. The normalized spacial score (nSPS) is 11.7. The molecule has 0 atom stereocenters. The van der Waals surface area contributed by atoms with Gasteiger partial charge in [0.25, 0.3) is 0 Å². The molecular weight excluding hydrogens is 295 g/mol. The van der Waals surface area contributed by atoms with Crippen LogP contribution in [0.3, 0.4) is 0 Å². The van der Waals surface area contributed by atoms with E-state index < -0.39 is 7.60 Å². The molecular formula is C10H14BrO4P. The van der Waals surface area contributed by atoms with Crippen molar-refractivity contribution < 1.29 is 18.7 Å². The Bertz CT molecular complexity index is 398. The molecule has 16 heavy (non-hydrogen) atoms. The van der Waals surface area contributed by atoms with E-state index in [9.17, 15) is 9.67 Å². The lowest BCUT2D eigenvalue weighted by atomic mass is 10.3. The Kier molecular flexibility index (Phi) is 4.99. The Morgan fingerprint density at radius 1 is 1.31 bits per heavy atom. The number of rotatable bonds is 5. The van der Waals surface area contributed by atoms with Crippen molar-refractivity contribution in [1.29, 1.82) is 0 Å². The molecule has 0 saturated carbocycles. The molecule has 0 spiro atoms. The summed E-state index contributed by atoms with van der Waals surface area (Å²) in [6.07, 6.45) is 0. The van der Waals surface area contributed by atoms with Crippen molar-refractivity contribution in [1.82, 2.24) is 0 Å². The van der Waals surface area contributed by atoms with Gasteiger partial charge in [-0.1, -0.05) is 15.9 Å². The predicted molar refractivity (Wildman–Crippen MR) is 66.3 cm³/mol. The van der Waals surface area contributed by atoms with Crippen LogP contribution in [0, 0.1) is 0 Å². The van der Waals surface area contributed by atoms with Crippen molar-refractivity contribution in [2.45, 2.75) is 13.8 Å². The molecule has 0 aliphatic heterocycles. The van der Waals surface area contributed by atoms with Gasteiger partial charge in [-0.3, -0.25) is 4.57 Å². The molecule has 90 valence electrons. The van der Waals surface area contributed by atoms with E-state index in [4.69, 9.17) is 9.05 Å². The number of hydrogen-bond acceptors (Lipinski definition) is 4. The summed E-state index contributed by atoms with van der Waals surface area (Å²) in [7, 11) is -3.42. The minimum atomic E-state index is -3.42. The fourth-order valence-electron chi connectivity index (χ4n) is 1.23. The van der Waals surface area contributed by atoms with Crippen molar-refractivity contribution in [2.24, 2.45) is 0 Å². The van der Waals surface area contributed by atoms with Gasteiger partial charge in [0.2, 0.25) is 0 Å². The number of halogens is 1. The van der Waals surface area contributed by atoms with Crippen molar-refractivity contribution in [3.63, 3.8) is 0 Å². The zero-order chi connectivity index (χ0) is 12.2. The minimum absolute atomic E-state index is 0.0894. The number of phenols is 1. The molecule has 0 saturated heterocycles. The van der Waals surface area contributed by atoms with Crippen molar-refractivity contribution in [3.8, 4) is 5.75 Å². The summed E-state index contributed by atoms with van der Waals surface area (Å²) in [5.41, 5.74) is 0. The summed E-state index contributed by atoms with van der Waals surface area (Å²) in [5.74, 6) is -0.0894. The van der Waals surface area contributed by atoms with Gasteiger partial charge in [-0.05, 0) is 32.0 Å². The zero-order valence-electron chi connectivity index (χ0n) is 9.14. The van der Waals surface area contributed by atoms with Crippen LogP contribution >= 0.6 is 23.5 Å². The van der Waals surface area contributed by atoms with Crippen LogP contribution in [0.1, 0.15) is 13.8 Å². The standard InChI is InChI=1S/C10H14BrO4P/c1-3-14-16(13,15-4-2)10-7-8(11)5-6-9(10)12/h5-7,12H,3-4H2,1-2H3. The van der Waals surface area contributed by atoms with Crippen molar-refractivity contribution >= 4 is 28.8 Å². The van der Waals surface area contributed by atoms with E-state index in [1.807, 2.05) is 0 Å². The van der Waals surface area contributed by atoms with Gasteiger partial charge < -0.3 is 14.2 Å². The fraction of sp³-hybridized carbons (Fsp3) is 0.400. The van der Waals surface area contributed by atoms with E-state index in [0.29, 0.717) is 4.47 Å². The van der Waals surface area contributed by atoms with Crippen LogP contribution in [0.5, 0.6) is 5.75 Å². The lowest BCUT2D eigenvalue weighted by Crippen LogP contribution is -2.11. The quantitative estimate of drug-likeness (QED) is 0.849. The maximum Gasteiger partial charge on any atom is 0.365 e. The molecule has 0 bridgehead atoms. The van der Waals surface area contributed by atoms with Gasteiger partial charge in [0.15, 0.2) is 0 Å². The Morgan fingerprint density at radius 3 is 2.38 bits per heavy atom. The highest BCUT2D eigenvalue weighted by atomic mass is 79.9. The molecule has 0 radical (unpaired) electrons. The second kappa shape index (κ2) is 5.82. The summed E-state index contributed by atoms with van der Waals surface area (Å²) in [5, 5.41) is 9.86. The van der Waals surface area contributed by atoms with E-state index in [1.54, 1.807) is 26.0 Å². The topological polar surface area (TPSA) is 55.8 Å². The van der Waals surface area contributed by atoms with Gasteiger partial charge in [0, 0.05) is 4.47 Å². The number of hydrogen-bond donors (Lipinski definition) is 1.